The van der Waals surface area contributed by atoms with Crippen LogP contribution in [0.15, 0.2) is 30.0 Å². The van der Waals surface area contributed by atoms with Gasteiger partial charge in [0, 0.05) is 24.0 Å². The monoisotopic (exact) mass is 249 g/mol. The van der Waals surface area contributed by atoms with Gasteiger partial charge >= 0.3 is 0 Å². The Morgan fingerprint density at radius 2 is 2.35 bits per heavy atom. The maximum atomic E-state index is 11.8. The summed E-state index contributed by atoms with van der Waals surface area (Å²) in [5.74, 6) is 5.08. The molecule has 0 bridgehead atoms. The molecule has 0 aliphatic rings. The average molecular weight is 249 g/mol. The number of thiazole rings is 1. The van der Waals surface area contributed by atoms with Crippen LogP contribution in [0.5, 0.6) is 0 Å². The molecule has 88 valence electrons. The van der Waals surface area contributed by atoms with Crippen LogP contribution in [0.3, 0.4) is 0 Å². The Balaban J connectivity index is 2.04. The summed E-state index contributed by atoms with van der Waals surface area (Å²) in [6.45, 7) is 0.398. The van der Waals surface area contributed by atoms with E-state index in [0.29, 0.717) is 17.8 Å². The summed E-state index contributed by atoms with van der Waals surface area (Å²) in [5, 5.41) is 5.46. The van der Waals surface area contributed by atoms with Gasteiger partial charge in [-0.05, 0) is 6.07 Å². The maximum Gasteiger partial charge on any atom is 0.255 e. The summed E-state index contributed by atoms with van der Waals surface area (Å²) in [4.78, 5) is 19.8. The lowest BCUT2D eigenvalue weighted by atomic mass is 10.2. The van der Waals surface area contributed by atoms with Crippen molar-refractivity contribution in [3.63, 3.8) is 0 Å². The zero-order valence-corrected chi connectivity index (χ0v) is 9.70. The molecule has 0 unspecified atom stereocenters. The van der Waals surface area contributed by atoms with Gasteiger partial charge in [-0.25, -0.2) is 4.98 Å². The lowest BCUT2D eigenvalue weighted by Crippen LogP contribution is -2.24. The summed E-state index contributed by atoms with van der Waals surface area (Å²) in [6.07, 6.45) is 4.72. The van der Waals surface area contributed by atoms with E-state index in [1.807, 2.05) is 5.38 Å². The van der Waals surface area contributed by atoms with Crippen LogP contribution in [0.4, 0.5) is 5.69 Å². The minimum Gasteiger partial charge on any atom is -0.345 e. The fourth-order valence-electron chi connectivity index (χ4n) is 1.29. The summed E-state index contributed by atoms with van der Waals surface area (Å²) in [6, 6.07) is 1.64. The van der Waals surface area contributed by atoms with Crippen LogP contribution in [0, 0.1) is 0 Å². The minimum atomic E-state index is -0.235. The molecule has 0 fully saturated rings. The largest absolute Gasteiger partial charge is 0.345 e. The number of anilines is 1. The van der Waals surface area contributed by atoms with Gasteiger partial charge in [0.05, 0.1) is 17.8 Å². The molecule has 7 heteroatoms. The fraction of sp³-hybridized carbons (Fsp3) is 0.100. The van der Waals surface area contributed by atoms with E-state index >= 15 is 0 Å². The van der Waals surface area contributed by atoms with Gasteiger partial charge in [0.1, 0.15) is 5.01 Å². The zero-order chi connectivity index (χ0) is 12.1. The second kappa shape index (κ2) is 5.37. The van der Waals surface area contributed by atoms with Crippen molar-refractivity contribution in [2.24, 2.45) is 5.84 Å². The number of hydrogen-bond acceptors (Lipinski definition) is 6. The highest BCUT2D eigenvalue weighted by Gasteiger charge is 2.10. The highest BCUT2D eigenvalue weighted by molar-refractivity contribution is 7.09. The second-order valence-corrected chi connectivity index (χ2v) is 4.15. The van der Waals surface area contributed by atoms with E-state index in [4.69, 9.17) is 5.84 Å². The molecule has 0 aliphatic carbocycles. The predicted molar refractivity (Wildman–Crippen MR) is 65.3 cm³/mol. The van der Waals surface area contributed by atoms with Crippen LogP contribution >= 0.6 is 11.3 Å². The van der Waals surface area contributed by atoms with Crippen molar-refractivity contribution in [1.29, 1.82) is 0 Å². The van der Waals surface area contributed by atoms with Crippen molar-refractivity contribution >= 4 is 22.9 Å². The number of hydrogen-bond donors (Lipinski definition) is 3. The molecule has 1 amide bonds. The van der Waals surface area contributed by atoms with Crippen molar-refractivity contribution in [1.82, 2.24) is 15.3 Å². The predicted octanol–water partition coefficient (Wildman–Crippen LogP) is 0.754. The number of carbonyl (C=O) groups excluding carboxylic acids is 1. The van der Waals surface area contributed by atoms with Gasteiger partial charge < -0.3 is 10.7 Å². The van der Waals surface area contributed by atoms with E-state index in [2.05, 4.69) is 20.7 Å². The van der Waals surface area contributed by atoms with Gasteiger partial charge in [0.15, 0.2) is 0 Å². The topological polar surface area (TPSA) is 92.9 Å². The summed E-state index contributed by atoms with van der Waals surface area (Å²) in [5.41, 5.74) is 3.40. The molecular weight excluding hydrogens is 238 g/mol. The Labute approximate surface area is 102 Å². The van der Waals surface area contributed by atoms with Crippen LogP contribution < -0.4 is 16.6 Å². The van der Waals surface area contributed by atoms with Crippen LogP contribution in [0.25, 0.3) is 0 Å². The van der Waals surface area contributed by atoms with Crippen molar-refractivity contribution < 1.29 is 4.79 Å². The molecule has 2 aromatic heterocycles. The van der Waals surface area contributed by atoms with Crippen LogP contribution in [-0.2, 0) is 6.54 Å². The van der Waals surface area contributed by atoms with E-state index in [-0.39, 0.29) is 5.91 Å². The number of aromatic nitrogens is 2. The third-order valence-electron chi connectivity index (χ3n) is 2.10. The standard InChI is InChI=1S/C10H11N5OS/c11-15-8-1-2-12-5-7(8)10(16)14-6-9-13-3-4-17-9/h1-5H,6,11H2,(H,12,15)(H,14,16). The number of hydrazine groups is 1. The highest BCUT2D eigenvalue weighted by atomic mass is 32.1. The van der Waals surface area contributed by atoms with Gasteiger partial charge in [-0.1, -0.05) is 0 Å². The molecule has 0 aromatic carbocycles. The number of nitrogen functional groups attached to an aromatic ring is 1. The number of nitrogens with one attached hydrogen (secondary N) is 2. The third kappa shape index (κ3) is 2.77. The lowest BCUT2D eigenvalue weighted by Gasteiger charge is -2.07. The summed E-state index contributed by atoms with van der Waals surface area (Å²) >= 11 is 1.49. The van der Waals surface area contributed by atoms with E-state index in [1.165, 1.54) is 17.5 Å². The van der Waals surface area contributed by atoms with E-state index < -0.39 is 0 Å². The Hall–Kier alpha value is -1.99. The van der Waals surface area contributed by atoms with Gasteiger partial charge in [0.25, 0.3) is 5.91 Å². The molecular formula is C10H11N5OS. The number of carbonyl (C=O) groups is 1. The van der Waals surface area contributed by atoms with Crippen LogP contribution in [-0.4, -0.2) is 15.9 Å². The normalized spacial score (nSPS) is 9.94. The molecule has 6 nitrogen and oxygen atoms in total. The smallest absolute Gasteiger partial charge is 0.255 e. The second-order valence-electron chi connectivity index (χ2n) is 3.17. The molecule has 0 saturated heterocycles. The first-order valence-electron chi connectivity index (χ1n) is 4.88. The molecule has 17 heavy (non-hydrogen) atoms. The average Bonchev–Trinajstić information content (AvgIpc) is 2.89. The van der Waals surface area contributed by atoms with Crippen LogP contribution in [0.2, 0.25) is 0 Å². The fourth-order valence-corrected chi connectivity index (χ4v) is 1.85. The van der Waals surface area contributed by atoms with Crippen molar-refractivity contribution in [3.05, 3.63) is 40.6 Å². The molecule has 4 N–H and O–H groups in total. The van der Waals surface area contributed by atoms with Gasteiger partial charge in [-0.3, -0.25) is 15.6 Å². The molecule has 0 radical (unpaired) electrons. The molecule has 0 atom stereocenters. The maximum absolute atomic E-state index is 11.8. The van der Waals surface area contributed by atoms with Crippen molar-refractivity contribution in [2.45, 2.75) is 6.54 Å². The summed E-state index contributed by atoms with van der Waals surface area (Å²) < 4.78 is 0. The van der Waals surface area contributed by atoms with Gasteiger partial charge in [0.2, 0.25) is 0 Å². The molecule has 0 aliphatic heterocycles. The quantitative estimate of drug-likeness (QED) is 0.549. The molecule has 2 rings (SSSR count). The van der Waals surface area contributed by atoms with Gasteiger partial charge in [-0.15, -0.1) is 11.3 Å². The Morgan fingerprint density at radius 3 is 3.06 bits per heavy atom. The Morgan fingerprint density at radius 1 is 1.47 bits per heavy atom. The first-order chi connectivity index (χ1) is 8.31. The van der Waals surface area contributed by atoms with E-state index in [1.54, 1.807) is 18.5 Å². The van der Waals surface area contributed by atoms with Gasteiger partial charge in [-0.2, -0.15) is 0 Å². The highest BCUT2D eigenvalue weighted by Crippen LogP contribution is 2.12. The number of amides is 1. The Bertz CT molecular complexity index is 499. The first-order valence-corrected chi connectivity index (χ1v) is 5.76. The number of nitrogens with zero attached hydrogens (tertiary/aromatic N) is 2. The SMILES string of the molecule is NNc1ccncc1C(=O)NCc1nccs1. The number of rotatable bonds is 4. The number of pyridine rings is 1. The summed E-state index contributed by atoms with van der Waals surface area (Å²) in [7, 11) is 0. The molecule has 2 aromatic rings. The molecule has 0 saturated carbocycles. The third-order valence-corrected chi connectivity index (χ3v) is 2.88. The minimum absolute atomic E-state index is 0.235. The van der Waals surface area contributed by atoms with Crippen molar-refractivity contribution in [2.75, 3.05) is 5.43 Å². The molecule has 0 spiro atoms. The Kier molecular flexibility index (Phi) is 3.63. The first kappa shape index (κ1) is 11.5. The van der Waals surface area contributed by atoms with E-state index in [0.717, 1.165) is 5.01 Å². The zero-order valence-electron chi connectivity index (χ0n) is 8.88. The lowest BCUT2D eigenvalue weighted by molar-refractivity contribution is 0.0951. The van der Waals surface area contributed by atoms with E-state index in [9.17, 15) is 4.79 Å². The van der Waals surface area contributed by atoms with Crippen molar-refractivity contribution in [3.8, 4) is 0 Å². The molecule has 2 heterocycles. The van der Waals surface area contributed by atoms with Crippen LogP contribution in [0.1, 0.15) is 15.4 Å². The number of nitrogens with two attached hydrogens (primary N) is 1.